The molecule has 1 unspecified atom stereocenters. The predicted molar refractivity (Wildman–Crippen MR) is 104 cm³/mol. The summed E-state index contributed by atoms with van der Waals surface area (Å²) >= 11 is 0. The Kier molecular flexibility index (Phi) is 4.96. The molecule has 1 aliphatic rings. The second-order valence-corrected chi connectivity index (χ2v) is 7.27. The Labute approximate surface area is 154 Å². The second-order valence-electron chi connectivity index (χ2n) is 7.27. The lowest BCUT2D eigenvalue weighted by Gasteiger charge is -2.33. The van der Waals surface area contributed by atoms with Gasteiger partial charge in [0.25, 0.3) is 0 Å². The van der Waals surface area contributed by atoms with Gasteiger partial charge in [0.1, 0.15) is 17.1 Å². The van der Waals surface area contributed by atoms with E-state index in [1.165, 1.54) is 29.4 Å². The number of rotatable bonds is 5. The van der Waals surface area contributed by atoms with Crippen molar-refractivity contribution in [2.45, 2.75) is 38.9 Å². The highest BCUT2D eigenvalue weighted by Crippen LogP contribution is 2.25. The number of phenols is 1. The first kappa shape index (κ1) is 17.1. The third kappa shape index (κ3) is 3.76. The molecule has 2 N–H and O–H groups in total. The lowest BCUT2D eigenvalue weighted by atomic mass is 10.0. The molecule has 0 spiro atoms. The van der Waals surface area contributed by atoms with Crippen LogP contribution in [0.3, 0.4) is 0 Å². The number of furan rings is 1. The van der Waals surface area contributed by atoms with Crippen LogP contribution in [0.1, 0.15) is 29.7 Å². The maximum absolute atomic E-state index is 9.65. The maximum atomic E-state index is 9.65. The van der Waals surface area contributed by atoms with Crippen LogP contribution in [-0.4, -0.2) is 29.1 Å². The number of hydrogen-bond donors (Lipinski definition) is 2. The number of para-hydroxylation sites is 1. The minimum Gasteiger partial charge on any atom is -0.508 e. The molecule has 1 saturated heterocycles. The van der Waals surface area contributed by atoms with Gasteiger partial charge >= 0.3 is 0 Å². The zero-order valence-corrected chi connectivity index (χ0v) is 15.2. The number of phenolic OH excluding ortho intramolecular Hbond substituents is 1. The third-order valence-corrected chi connectivity index (χ3v) is 5.32. The quantitative estimate of drug-likeness (QED) is 0.724. The number of likely N-dealkylation sites (tertiary alicyclic amines) is 1. The highest BCUT2D eigenvalue weighted by Gasteiger charge is 2.20. The smallest absolute Gasteiger partial charge is 0.134 e. The van der Waals surface area contributed by atoms with Gasteiger partial charge in [0.15, 0.2) is 0 Å². The van der Waals surface area contributed by atoms with Crippen molar-refractivity contribution in [3.8, 4) is 5.75 Å². The minimum atomic E-state index is 0.342. The van der Waals surface area contributed by atoms with Crippen LogP contribution in [0.2, 0.25) is 0 Å². The molecule has 0 bridgehead atoms. The van der Waals surface area contributed by atoms with E-state index in [2.05, 4.69) is 35.3 Å². The number of fused-ring (bicyclic) bond motifs is 1. The fourth-order valence-electron chi connectivity index (χ4n) is 3.91. The van der Waals surface area contributed by atoms with E-state index in [9.17, 15) is 5.11 Å². The molecule has 2 heterocycles. The van der Waals surface area contributed by atoms with Gasteiger partial charge < -0.3 is 14.8 Å². The van der Waals surface area contributed by atoms with Crippen LogP contribution in [0.15, 0.2) is 52.9 Å². The van der Waals surface area contributed by atoms with Gasteiger partial charge in [0.2, 0.25) is 0 Å². The van der Waals surface area contributed by atoms with E-state index >= 15 is 0 Å². The molecule has 1 aromatic heterocycles. The molecule has 3 aromatic rings. The van der Waals surface area contributed by atoms with Crippen LogP contribution in [0.25, 0.3) is 11.0 Å². The van der Waals surface area contributed by atoms with Gasteiger partial charge in [-0.25, -0.2) is 0 Å². The minimum absolute atomic E-state index is 0.342. The van der Waals surface area contributed by atoms with Crippen LogP contribution in [0.5, 0.6) is 5.75 Å². The van der Waals surface area contributed by atoms with Crippen LogP contribution < -0.4 is 5.32 Å². The number of piperidine rings is 1. The summed E-state index contributed by atoms with van der Waals surface area (Å²) in [6.07, 6.45) is 2.38. The van der Waals surface area contributed by atoms with E-state index in [0.717, 1.165) is 37.5 Å². The normalized spacial score (nSPS) is 18.4. The molecule has 0 radical (unpaired) electrons. The largest absolute Gasteiger partial charge is 0.508 e. The highest BCUT2D eigenvalue weighted by molar-refractivity contribution is 5.81. The first-order valence-electron chi connectivity index (χ1n) is 9.40. The molecule has 26 heavy (non-hydrogen) atoms. The SMILES string of the molecule is Cc1c(CNC2CCCN(Cc3cccc(O)c3)C2)oc2ccccc12. The van der Waals surface area contributed by atoms with Crippen LogP contribution in [0, 0.1) is 6.92 Å². The molecular formula is C22H26N2O2. The van der Waals surface area contributed by atoms with Crippen molar-refractivity contribution in [1.82, 2.24) is 10.2 Å². The van der Waals surface area contributed by atoms with Gasteiger partial charge in [-0.15, -0.1) is 0 Å². The van der Waals surface area contributed by atoms with Crippen molar-refractivity contribution in [3.05, 3.63) is 65.4 Å². The maximum Gasteiger partial charge on any atom is 0.134 e. The van der Waals surface area contributed by atoms with E-state index in [-0.39, 0.29) is 0 Å². The number of nitrogens with one attached hydrogen (secondary N) is 1. The Balaban J connectivity index is 1.36. The van der Waals surface area contributed by atoms with Crippen molar-refractivity contribution in [2.24, 2.45) is 0 Å². The fraction of sp³-hybridized carbons (Fsp3) is 0.364. The van der Waals surface area contributed by atoms with Crippen LogP contribution >= 0.6 is 0 Å². The Bertz CT molecular complexity index is 887. The van der Waals surface area contributed by atoms with Crippen LogP contribution in [0.4, 0.5) is 0 Å². The summed E-state index contributed by atoms with van der Waals surface area (Å²) in [4.78, 5) is 2.46. The summed E-state index contributed by atoms with van der Waals surface area (Å²) in [6.45, 7) is 5.92. The third-order valence-electron chi connectivity index (χ3n) is 5.32. The van der Waals surface area contributed by atoms with Gasteiger partial charge in [0.05, 0.1) is 6.54 Å². The number of hydrogen-bond acceptors (Lipinski definition) is 4. The number of aryl methyl sites for hydroxylation is 1. The van der Waals surface area contributed by atoms with E-state index in [0.29, 0.717) is 11.8 Å². The fourth-order valence-corrected chi connectivity index (χ4v) is 3.91. The van der Waals surface area contributed by atoms with Crippen LogP contribution in [-0.2, 0) is 13.1 Å². The summed E-state index contributed by atoms with van der Waals surface area (Å²) in [5, 5.41) is 14.5. The molecular weight excluding hydrogens is 324 g/mol. The zero-order chi connectivity index (χ0) is 17.9. The summed E-state index contributed by atoms with van der Waals surface area (Å²) < 4.78 is 6.02. The molecule has 4 nitrogen and oxygen atoms in total. The Morgan fingerprint density at radius 2 is 2.08 bits per heavy atom. The van der Waals surface area contributed by atoms with Crippen molar-refractivity contribution in [1.29, 1.82) is 0 Å². The second kappa shape index (κ2) is 7.52. The summed E-state index contributed by atoms with van der Waals surface area (Å²) in [5.74, 6) is 1.38. The molecule has 1 aliphatic heterocycles. The van der Waals surface area contributed by atoms with Crippen molar-refractivity contribution in [3.63, 3.8) is 0 Å². The molecule has 0 saturated carbocycles. The molecule has 4 heteroatoms. The van der Waals surface area contributed by atoms with E-state index < -0.39 is 0 Å². The molecule has 136 valence electrons. The highest BCUT2D eigenvalue weighted by atomic mass is 16.3. The van der Waals surface area contributed by atoms with Gasteiger partial charge in [-0.3, -0.25) is 4.90 Å². The topological polar surface area (TPSA) is 48.6 Å². The Morgan fingerprint density at radius 3 is 2.92 bits per heavy atom. The van der Waals surface area contributed by atoms with Crippen molar-refractivity contribution < 1.29 is 9.52 Å². The number of benzene rings is 2. The number of aromatic hydroxyl groups is 1. The standard InChI is InChI=1S/C22H26N2O2/c1-16-20-9-2-3-10-21(20)26-22(16)13-23-18-7-5-11-24(15-18)14-17-6-4-8-19(25)12-17/h2-4,6,8-10,12,18,23,25H,5,7,11,13-15H2,1H3. The van der Waals surface area contributed by atoms with E-state index in [1.54, 1.807) is 6.07 Å². The first-order chi connectivity index (χ1) is 12.7. The lowest BCUT2D eigenvalue weighted by Crippen LogP contribution is -2.45. The number of nitrogens with zero attached hydrogens (tertiary/aromatic N) is 1. The van der Waals surface area contributed by atoms with Crippen molar-refractivity contribution in [2.75, 3.05) is 13.1 Å². The van der Waals surface area contributed by atoms with Gasteiger partial charge in [0, 0.05) is 24.5 Å². The average molecular weight is 350 g/mol. The molecule has 1 atom stereocenters. The van der Waals surface area contributed by atoms with E-state index in [4.69, 9.17) is 4.42 Å². The zero-order valence-electron chi connectivity index (χ0n) is 15.2. The average Bonchev–Trinajstić information content (AvgIpc) is 2.97. The lowest BCUT2D eigenvalue weighted by molar-refractivity contribution is 0.181. The molecule has 0 amide bonds. The monoisotopic (exact) mass is 350 g/mol. The Morgan fingerprint density at radius 1 is 1.19 bits per heavy atom. The van der Waals surface area contributed by atoms with Gasteiger partial charge in [-0.1, -0.05) is 30.3 Å². The molecule has 1 fully saturated rings. The molecule has 2 aromatic carbocycles. The van der Waals surface area contributed by atoms with Crippen molar-refractivity contribution >= 4 is 11.0 Å². The molecule has 4 rings (SSSR count). The predicted octanol–water partition coefficient (Wildman–Crippen LogP) is 4.20. The van der Waals surface area contributed by atoms with E-state index in [1.807, 2.05) is 24.3 Å². The summed E-state index contributed by atoms with van der Waals surface area (Å²) in [5.41, 5.74) is 3.37. The molecule has 0 aliphatic carbocycles. The van der Waals surface area contributed by atoms with Gasteiger partial charge in [-0.2, -0.15) is 0 Å². The summed E-state index contributed by atoms with van der Waals surface area (Å²) in [7, 11) is 0. The summed E-state index contributed by atoms with van der Waals surface area (Å²) in [6, 6.07) is 16.3. The Hall–Kier alpha value is -2.30. The first-order valence-corrected chi connectivity index (χ1v) is 9.40. The van der Waals surface area contributed by atoms with Gasteiger partial charge in [-0.05, 0) is 55.6 Å².